The van der Waals surface area contributed by atoms with Gasteiger partial charge in [-0.15, -0.1) is 0 Å². The Kier molecular flexibility index (Phi) is 4.37. The summed E-state index contributed by atoms with van der Waals surface area (Å²) >= 11 is 0. The molecule has 0 spiro atoms. The number of hydrogen-bond donors (Lipinski definition) is 1. The lowest BCUT2D eigenvalue weighted by Crippen LogP contribution is -2.17. The fourth-order valence-corrected chi connectivity index (χ4v) is 2.54. The molecule has 1 heterocycles. The van der Waals surface area contributed by atoms with E-state index in [1.54, 1.807) is 25.3 Å². The predicted molar refractivity (Wildman–Crippen MR) is 87.5 cm³/mol. The molecule has 120 valence electrons. The summed E-state index contributed by atoms with van der Waals surface area (Å²) in [5, 5.41) is 2.88. The molecule has 5 nitrogen and oxygen atoms in total. The number of fused-ring (bicyclic) bond motifs is 1. The van der Waals surface area contributed by atoms with Gasteiger partial charge in [-0.2, -0.15) is 0 Å². The minimum atomic E-state index is -0.106. The van der Waals surface area contributed by atoms with Crippen molar-refractivity contribution in [3.63, 3.8) is 0 Å². The number of aryl methyl sites for hydroxylation is 1. The monoisotopic (exact) mass is 313 g/mol. The number of benzene rings is 2. The van der Waals surface area contributed by atoms with Crippen LogP contribution in [0.5, 0.6) is 17.2 Å². The Labute approximate surface area is 135 Å². The third-order valence-electron chi connectivity index (χ3n) is 3.61. The van der Waals surface area contributed by atoms with Crippen LogP contribution in [-0.2, 0) is 11.2 Å². The summed E-state index contributed by atoms with van der Waals surface area (Å²) in [6, 6.07) is 11.2. The molecule has 0 saturated carbocycles. The maximum Gasteiger partial charge on any atom is 0.228 e. The van der Waals surface area contributed by atoms with Gasteiger partial charge in [0.25, 0.3) is 0 Å². The lowest BCUT2D eigenvalue weighted by atomic mass is 10.1. The van der Waals surface area contributed by atoms with Crippen molar-refractivity contribution in [3.05, 3.63) is 47.5 Å². The number of anilines is 1. The van der Waals surface area contributed by atoms with E-state index in [1.807, 2.05) is 25.1 Å². The zero-order valence-corrected chi connectivity index (χ0v) is 13.2. The van der Waals surface area contributed by atoms with Crippen molar-refractivity contribution in [3.8, 4) is 17.2 Å². The van der Waals surface area contributed by atoms with Crippen molar-refractivity contribution >= 4 is 11.6 Å². The van der Waals surface area contributed by atoms with Gasteiger partial charge in [-0.1, -0.05) is 17.7 Å². The van der Waals surface area contributed by atoms with E-state index in [-0.39, 0.29) is 12.3 Å². The van der Waals surface area contributed by atoms with E-state index in [9.17, 15) is 4.79 Å². The van der Waals surface area contributed by atoms with Gasteiger partial charge in [0.2, 0.25) is 5.91 Å². The van der Waals surface area contributed by atoms with Crippen LogP contribution in [0.4, 0.5) is 5.69 Å². The maximum absolute atomic E-state index is 12.3. The number of nitrogens with one attached hydrogen (secondary N) is 1. The van der Waals surface area contributed by atoms with Gasteiger partial charge >= 0.3 is 0 Å². The molecule has 0 aliphatic carbocycles. The number of amides is 1. The zero-order valence-electron chi connectivity index (χ0n) is 13.2. The zero-order chi connectivity index (χ0) is 16.2. The molecule has 1 aliphatic heterocycles. The average molecular weight is 313 g/mol. The Morgan fingerprint density at radius 3 is 2.70 bits per heavy atom. The summed E-state index contributed by atoms with van der Waals surface area (Å²) in [7, 11) is 1.60. The Bertz CT molecular complexity index is 727. The first kappa shape index (κ1) is 15.2. The SMILES string of the molecule is COc1ccc(C)cc1CC(=O)Nc1ccc2c(c1)OCCO2. The van der Waals surface area contributed by atoms with Crippen LogP contribution in [0.15, 0.2) is 36.4 Å². The maximum atomic E-state index is 12.3. The van der Waals surface area contributed by atoms with Gasteiger partial charge in [-0.3, -0.25) is 4.79 Å². The van der Waals surface area contributed by atoms with Crippen LogP contribution < -0.4 is 19.5 Å². The van der Waals surface area contributed by atoms with Crippen molar-refractivity contribution in [2.75, 3.05) is 25.6 Å². The average Bonchev–Trinajstić information content (AvgIpc) is 2.55. The number of ether oxygens (including phenoxy) is 3. The van der Waals surface area contributed by atoms with Crippen molar-refractivity contribution in [2.45, 2.75) is 13.3 Å². The fraction of sp³-hybridized carbons (Fsp3) is 0.278. The first-order valence-electron chi connectivity index (χ1n) is 7.49. The second-order valence-electron chi connectivity index (χ2n) is 5.40. The standard InChI is InChI=1S/C18H19NO4/c1-12-3-5-15(21-2)13(9-12)10-18(20)19-14-4-6-16-17(11-14)23-8-7-22-16/h3-6,9,11H,7-8,10H2,1-2H3,(H,19,20). The van der Waals surface area contributed by atoms with E-state index in [0.717, 1.165) is 11.1 Å². The van der Waals surface area contributed by atoms with Crippen molar-refractivity contribution in [2.24, 2.45) is 0 Å². The molecule has 2 aromatic rings. The van der Waals surface area contributed by atoms with E-state index in [4.69, 9.17) is 14.2 Å². The molecule has 0 radical (unpaired) electrons. The molecule has 1 N–H and O–H groups in total. The van der Waals surface area contributed by atoms with E-state index in [2.05, 4.69) is 5.32 Å². The Morgan fingerprint density at radius 2 is 1.91 bits per heavy atom. The number of methoxy groups -OCH3 is 1. The number of carbonyl (C=O) groups excluding carboxylic acids is 1. The topological polar surface area (TPSA) is 56.8 Å². The van der Waals surface area contributed by atoms with Crippen molar-refractivity contribution < 1.29 is 19.0 Å². The van der Waals surface area contributed by atoms with E-state index >= 15 is 0 Å². The smallest absolute Gasteiger partial charge is 0.228 e. The van der Waals surface area contributed by atoms with Crippen LogP contribution in [0, 0.1) is 6.92 Å². The number of rotatable bonds is 4. The highest BCUT2D eigenvalue weighted by Crippen LogP contribution is 2.32. The van der Waals surface area contributed by atoms with Gasteiger partial charge in [0.15, 0.2) is 11.5 Å². The van der Waals surface area contributed by atoms with Crippen LogP contribution in [-0.4, -0.2) is 26.2 Å². The van der Waals surface area contributed by atoms with Gasteiger partial charge in [0.05, 0.1) is 13.5 Å². The molecule has 2 aromatic carbocycles. The van der Waals surface area contributed by atoms with E-state index in [1.165, 1.54) is 0 Å². The van der Waals surface area contributed by atoms with E-state index < -0.39 is 0 Å². The molecule has 0 fully saturated rings. The molecule has 0 bridgehead atoms. The van der Waals surface area contributed by atoms with Gasteiger partial charge in [-0.25, -0.2) is 0 Å². The second-order valence-corrected chi connectivity index (χ2v) is 5.40. The van der Waals surface area contributed by atoms with Gasteiger partial charge in [0.1, 0.15) is 19.0 Å². The highest BCUT2D eigenvalue weighted by atomic mass is 16.6. The molecule has 0 aromatic heterocycles. The fourth-order valence-electron chi connectivity index (χ4n) is 2.54. The minimum absolute atomic E-state index is 0.106. The first-order valence-corrected chi connectivity index (χ1v) is 7.49. The minimum Gasteiger partial charge on any atom is -0.496 e. The molecule has 3 rings (SSSR count). The Balaban J connectivity index is 1.71. The third-order valence-corrected chi connectivity index (χ3v) is 3.61. The largest absolute Gasteiger partial charge is 0.496 e. The quantitative estimate of drug-likeness (QED) is 0.943. The molecule has 5 heteroatoms. The van der Waals surface area contributed by atoms with Crippen molar-refractivity contribution in [1.29, 1.82) is 0 Å². The van der Waals surface area contributed by atoms with Crippen LogP contribution in [0.1, 0.15) is 11.1 Å². The van der Waals surface area contributed by atoms with Crippen LogP contribution in [0.3, 0.4) is 0 Å². The van der Waals surface area contributed by atoms with Crippen LogP contribution >= 0.6 is 0 Å². The summed E-state index contributed by atoms with van der Waals surface area (Å²) in [5.41, 5.74) is 2.64. The Morgan fingerprint density at radius 1 is 1.13 bits per heavy atom. The summed E-state index contributed by atoms with van der Waals surface area (Å²) in [5.74, 6) is 1.97. The van der Waals surface area contributed by atoms with Crippen molar-refractivity contribution in [1.82, 2.24) is 0 Å². The highest BCUT2D eigenvalue weighted by Gasteiger charge is 2.14. The molecular weight excluding hydrogens is 294 g/mol. The summed E-state index contributed by atoms with van der Waals surface area (Å²) in [6.45, 7) is 3.05. The Hall–Kier alpha value is -2.69. The van der Waals surface area contributed by atoms with Gasteiger partial charge in [0, 0.05) is 17.3 Å². The summed E-state index contributed by atoms with van der Waals surface area (Å²) in [6.07, 6.45) is 0.249. The molecule has 1 aliphatic rings. The van der Waals surface area contributed by atoms with Gasteiger partial charge < -0.3 is 19.5 Å². The number of carbonyl (C=O) groups is 1. The second kappa shape index (κ2) is 6.60. The normalized spacial score (nSPS) is 12.6. The molecule has 1 amide bonds. The summed E-state index contributed by atoms with van der Waals surface area (Å²) in [4.78, 5) is 12.3. The lowest BCUT2D eigenvalue weighted by molar-refractivity contribution is -0.115. The molecule has 0 atom stereocenters. The predicted octanol–water partition coefficient (Wildman–Crippen LogP) is 2.96. The molecular formula is C18H19NO4. The van der Waals surface area contributed by atoms with Crippen LogP contribution in [0.2, 0.25) is 0 Å². The molecule has 0 saturated heterocycles. The van der Waals surface area contributed by atoms with E-state index in [0.29, 0.717) is 36.1 Å². The number of hydrogen-bond acceptors (Lipinski definition) is 4. The van der Waals surface area contributed by atoms with Gasteiger partial charge in [-0.05, 0) is 25.1 Å². The lowest BCUT2D eigenvalue weighted by Gasteiger charge is -2.19. The molecule has 0 unspecified atom stereocenters. The third kappa shape index (κ3) is 3.56. The van der Waals surface area contributed by atoms with Crippen LogP contribution in [0.25, 0.3) is 0 Å². The highest BCUT2D eigenvalue weighted by molar-refractivity contribution is 5.93. The first-order chi connectivity index (χ1) is 11.2. The summed E-state index contributed by atoms with van der Waals surface area (Å²) < 4.78 is 16.3. The molecule has 23 heavy (non-hydrogen) atoms.